The van der Waals surface area contributed by atoms with Gasteiger partial charge in [-0.05, 0) is 30.3 Å². The minimum atomic E-state index is -0.500. The van der Waals surface area contributed by atoms with Crippen LogP contribution in [-0.2, 0) is 13.1 Å². The molecule has 0 bridgehead atoms. The predicted molar refractivity (Wildman–Crippen MR) is 113 cm³/mol. The molecule has 2 aromatic carbocycles. The van der Waals surface area contributed by atoms with Crippen molar-refractivity contribution in [2.45, 2.75) is 13.1 Å². The summed E-state index contributed by atoms with van der Waals surface area (Å²) in [7, 11) is 1.62. The molecule has 0 saturated heterocycles. The van der Waals surface area contributed by atoms with E-state index < -0.39 is 5.91 Å². The van der Waals surface area contributed by atoms with E-state index in [9.17, 15) is 4.79 Å². The van der Waals surface area contributed by atoms with Gasteiger partial charge in [0, 0.05) is 18.7 Å². The summed E-state index contributed by atoms with van der Waals surface area (Å²) in [5.41, 5.74) is 20.9. The standard InChI is InChI=1S/C20H21N7O2/c1-29-16-6-4-5-13-17(16)27(20(23)24-13)10-3-2-9-26-15-8-7-12(18(21)28)11-14(15)25-19(26)22/h2-8,11H,9-10H2,1H3,(H2,21,28)(H2,22,25)(H2,23,24)/b3-2+. The molecule has 0 aliphatic heterocycles. The maximum absolute atomic E-state index is 11.3. The van der Waals surface area contributed by atoms with Crippen molar-refractivity contribution in [2.75, 3.05) is 18.6 Å². The number of fused-ring (bicyclic) bond motifs is 2. The van der Waals surface area contributed by atoms with Gasteiger partial charge < -0.3 is 31.1 Å². The first-order valence-electron chi connectivity index (χ1n) is 8.99. The van der Waals surface area contributed by atoms with Crippen LogP contribution in [0.1, 0.15) is 10.4 Å². The first kappa shape index (κ1) is 18.4. The second kappa shape index (κ2) is 7.19. The zero-order valence-electron chi connectivity index (χ0n) is 15.9. The number of hydrogen-bond acceptors (Lipinski definition) is 6. The lowest BCUT2D eigenvalue weighted by Gasteiger charge is -2.07. The number of methoxy groups -OCH3 is 1. The summed E-state index contributed by atoms with van der Waals surface area (Å²) in [5, 5.41) is 0. The van der Waals surface area contributed by atoms with Crippen LogP contribution in [0.5, 0.6) is 5.75 Å². The Morgan fingerprint density at radius 1 is 1.03 bits per heavy atom. The molecule has 0 fully saturated rings. The number of anilines is 2. The molecule has 9 heteroatoms. The highest BCUT2D eigenvalue weighted by Crippen LogP contribution is 2.27. The number of nitrogens with zero attached hydrogens (tertiary/aromatic N) is 4. The van der Waals surface area contributed by atoms with E-state index >= 15 is 0 Å². The van der Waals surface area contributed by atoms with Gasteiger partial charge in [-0.2, -0.15) is 0 Å². The molecule has 9 nitrogen and oxygen atoms in total. The molecule has 4 rings (SSSR count). The summed E-state index contributed by atoms with van der Waals surface area (Å²) >= 11 is 0. The third-order valence-corrected chi connectivity index (χ3v) is 4.78. The van der Waals surface area contributed by atoms with E-state index in [4.69, 9.17) is 21.9 Å². The number of nitrogens with two attached hydrogens (primary N) is 3. The zero-order chi connectivity index (χ0) is 20.5. The first-order chi connectivity index (χ1) is 14.0. The van der Waals surface area contributed by atoms with E-state index in [1.807, 2.05) is 39.5 Å². The van der Waals surface area contributed by atoms with E-state index in [2.05, 4.69) is 9.97 Å². The fourth-order valence-electron chi connectivity index (χ4n) is 3.37. The number of para-hydroxylation sites is 1. The van der Waals surface area contributed by atoms with Gasteiger partial charge in [0.15, 0.2) is 0 Å². The Morgan fingerprint density at radius 2 is 1.72 bits per heavy atom. The molecule has 148 valence electrons. The number of imidazole rings is 2. The smallest absolute Gasteiger partial charge is 0.248 e. The van der Waals surface area contributed by atoms with Crippen LogP contribution in [0.3, 0.4) is 0 Å². The molecule has 0 unspecified atom stereocenters. The van der Waals surface area contributed by atoms with Crippen molar-refractivity contribution in [1.29, 1.82) is 0 Å². The number of allylic oxidation sites excluding steroid dienone is 2. The summed E-state index contributed by atoms with van der Waals surface area (Å²) in [4.78, 5) is 20.0. The monoisotopic (exact) mass is 391 g/mol. The van der Waals surface area contributed by atoms with Gasteiger partial charge in [-0.15, -0.1) is 0 Å². The minimum absolute atomic E-state index is 0.362. The average molecular weight is 391 g/mol. The minimum Gasteiger partial charge on any atom is -0.494 e. The van der Waals surface area contributed by atoms with Gasteiger partial charge in [0.2, 0.25) is 17.8 Å². The number of nitrogen functional groups attached to an aromatic ring is 2. The summed E-state index contributed by atoms with van der Waals surface area (Å²) in [6, 6.07) is 10.7. The summed E-state index contributed by atoms with van der Waals surface area (Å²) in [6.07, 6.45) is 3.95. The topological polar surface area (TPSA) is 140 Å². The van der Waals surface area contributed by atoms with Crippen LogP contribution in [-0.4, -0.2) is 32.1 Å². The largest absolute Gasteiger partial charge is 0.494 e. The zero-order valence-corrected chi connectivity index (χ0v) is 15.9. The van der Waals surface area contributed by atoms with Gasteiger partial charge in [0.25, 0.3) is 0 Å². The van der Waals surface area contributed by atoms with E-state index in [1.54, 1.807) is 25.3 Å². The van der Waals surface area contributed by atoms with Gasteiger partial charge in [-0.1, -0.05) is 18.2 Å². The van der Waals surface area contributed by atoms with Gasteiger partial charge in [0.05, 0.1) is 23.7 Å². The quantitative estimate of drug-likeness (QED) is 0.429. The van der Waals surface area contributed by atoms with E-state index in [0.717, 1.165) is 22.3 Å². The Labute approximate surface area is 166 Å². The number of rotatable bonds is 6. The highest BCUT2D eigenvalue weighted by atomic mass is 16.5. The highest BCUT2D eigenvalue weighted by molar-refractivity contribution is 5.96. The Bertz CT molecular complexity index is 1250. The van der Waals surface area contributed by atoms with E-state index in [0.29, 0.717) is 36.1 Å². The van der Waals surface area contributed by atoms with Crippen molar-refractivity contribution in [2.24, 2.45) is 5.73 Å². The number of hydrogen-bond donors (Lipinski definition) is 3. The van der Waals surface area contributed by atoms with Crippen molar-refractivity contribution in [3.8, 4) is 5.75 Å². The molecular weight excluding hydrogens is 370 g/mol. The maximum atomic E-state index is 11.3. The Hall–Kier alpha value is -4.01. The van der Waals surface area contributed by atoms with Crippen LogP contribution in [0, 0.1) is 0 Å². The Balaban J connectivity index is 1.58. The van der Waals surface area contributed by atoms with Gasteiger partial charge in [-0.25, -0.2) is 9.97 Å². The SMILES string of the molecule is COc1cccc2nc(N)n(C/C=C/Cn3c(N)nc4cc(C(N)=O)ccc43)c12. The van der Waals surface area contributed by atoms with Crippen LogP contribution in [0.15, 0.2) is 48.6 Å². The summed E-state index contributed by atoms with van der Waals surface area (Å²) < 4.78 is 9.18. The normalized spacial score (nSPS) is 11.6. The molecule has 0 aliphatic rings. The molecule has 29 heavy (non-hydrogen) atoms. The number of aromatic nitrogens is 4. The third kappa shape index (κ3) is 3.22. The number of benzene rings is 2. The number of primary amides is 1. The number of carbonyl (C=O) groups is 1. The van der Waals surface area contributed by atoms with Gasteiger partial charge >= 0.3 is 0 Å². The summed E-state index contributed by atoms with van der Waals surface area (Å²) in [5.74, 6) is 0.997. The van der Waals surface area contributed by atoms with Crippen molar-refractivity contribution < 1.29 is 9.53 Å². The fourth-order valence-corrected chi connectivity index (χ4v) is 3.37. The predicted octanol–water partition coefficient (Wildman–Crippen LogP) is 1.91. The van der Waals surface area contributed by atoms with Crippen LogP contribution in [0.4, 0.5) is 11.9 Å². The Morgan fingerprint density at radius 3 is 2.45 bits per heavy atom. The van der Waals surface area contributed by atoms with Gasteiger partial charge in [-0.3, -0.25) is 4.79 Å². The van der Waals surface area contributed by atoms with Crippen molar-refractivity contribution in [3.05, 3.63) is 54.1 Å². The molecule has 6 N–H and O–H groups in total. The highest BCUT2D eigenvalue weighted by Gasteiger charge is 2.12. The van der Waals surface area contributed by atoms with Crippen molar-refractivity contribution in [3.63, 3.8) is 0 Å². The lowest BCUT2D eigenvalue weighted by Crippen LogP contribution is -2.10. The third-order valence-electron chi connectivity index (χ3n) is 4.78. The first-order valence-corrected chi connectivity index (χ1v) is 8.99. The number of ether oxygens (including phenoxy) is 1. The molecule has 1 amide bonds. The Kier molecular flexibility index (Phi) is 4.55. The summed E-state index contributed by atoms with van der Waals surface area (Å²) in [6.45, 7) is 1.04. The second-order valence-corrected chi connectivity index (χ2v) is 6.53. The second-order valence-electron chi connectivity index (χ2n) is 6.53. The molecule has 0 aliphatic carbocycles. The lowest BCUT2D eigenvalue weighted by molar-refractivity contribution is 0.100. The van der Waals surface area contributed by atoms with Crippen molar-refractivity contribution >= 4 is 39.9 Å². The molecule has 2 heterocycles. The van der Waals surface area contributed by atoms with Crippen molar-refractivity contribution in [1.82, 2.24) is 19.1 Å². The molecule has 2 aromatic heterocycles. The lowest BCUT2D eigenvalue weighted by atomic mass is 10.2. The van der Waals surface area contributed by atoms with Gasteiger partial charge in [0.1, 0.15) is 11.3 Å². The van der Waals surface area contributed by atoms with Crippen LogP contribution in [0.2, 0.25) is 0 Å². The average Bonchev–Trinajstić information content (AvgIpc) is 3.19. The van der Waals surface area contributed by atoms with Crippen LogP contribution in [0.25, 0.3) is 22.1 Å². The molecule has 0 atom stereocenters. The maximum Gasteiger partial charge on any atom is 0.248 e. The van der Waals surface area contributed by atoms with E-state index in [1.165, 1.54) is 0 Å². The number of carbonyl (C=O) groups excluding carboxylic acids is 1. The number of amides is 1. The van der Waals surface area contributed by atoms with E-state index in [-0.39, 0.29) is 0 Å². The molecule has 4 aromatic rings. The molecule has 0 radical (unpaired) electrons. The molecule has 0 saturated carbocycles. The molecular formula is C20H21N7O2. The van der Waals surface area contributed by atoms with Crippen LogP contribution >= 0.6 is 0 Å². The fraction of sp³-hybridized carbons (Fsp3) is 0.150. The van der Waals surface area contributed by atoms with Crippen LogP contribution < -0.4 is 21.9 Å². The molecule has 0 spiro atoms.